The van der Waals surface area contributed by atoms with Crippen LogP contribution in [0.1, 0.15) is 54.6 Å². The van der Waals surface area contributed by atoms with Crippen LogP contribution in [0.15, 0.2) is 60.2 Å². The van der Waals surface area contributed by atoms with Crippen LogP contribution in [-0.4, -0.2) is 68.2 Å². The van der Waals surface area contributed by atoms with Crippen molar-refractivity contribution in [1.82, 2.24) is 15.5 Å². The predicted octanol–water partition coefficient (Wildman–Crippen LogP) is 3.31. The number of amides is 3. The smallest absolute Gasteiger partial charge is 0.254 e. The van der Waals surface area contributed by atoms with Gasteiger partial charge in [0, 0.05) is 22.4 Å². The highest BCUT2D eigenvalue weighted by Crippen LogP contribution is 2.40. The maximum atomic E-state index is 13.8. The van der Waals surface area contributed by atoms with Gasteiger partial charge in [-0.1, -0.05) is 48.0 Å². The fourth-order valence-corrected chi connectivity index (χ4v) is 6.32. The molecule has 0 saturated carbocycles. The highest BCUT2D eigenvalue weighted by molar-refractivity contribution is 8.00. The molecule has 0 aromatic heterocycles. The van der Waals surface area contributed by atoms with Crippen molar-refractivity contribution in [2.24, 2.45) is 0 Å². The van der Waals surface area contributed by atoms with Crippen LogP contribution in [0, 0.1) is 6.92 Å². The van der Waals surface area contributed by atoms with Crippen LogP contribution in [0.25, 0.3) is 0 Å². The molecular weight excluding hydrogens is 514 g/mol. The van der Waals surface area contributed by atoms with E-state index in [1.165, 1.54) is 28.3 Å². The van der Waals surface area contributed by atoms with Crippen LogP contribution in [0.5, 0.6) is 5.75 Å². The molecule has 3 atom stereocenters. The zero-order valence-electron chi connectivity index (χ0n) is 22.6. The number of hydrogen-bond acceptors (Lipinski definition) is 6. The minimum atomic E-state index is -1.59. The number of aromatic hydroxyl groups is 1. The van der Waals surface area contributed by atoms with Gasteiger partial charge in [-0.2, -0.15) is 0 Å². The average Bonchev–Trinajstić information content (AvgIpc) is 3.55. The number of hydrogen-bond donors (Lipinski definition) is 4. The third-order valence-corrected chi connectivity index (χ3v) is 8.88. The Labute approximate surface area is 233 Å². The summed E-state index contributed by atoms with van der Waals surface area (Å²) in [6.45, 7) is 5.93. The van der Waals surface area contributed by atoms with Gasteiger partial charge in [-0.25, -0.2) is 0 Å². The monoisotopic (exact) mass is 551 g/mol. The number of carbonyl (C=O) groups excluding carboxylic acids is 3. The Morgan fingerprint density at radius 2 is 1.87 bits per heavy atom. The van der Waals surface area contributed by atoms with Gasteiger partial charge >= 0.3 is 0 Å². The molecular formula is C30H37N3O5S. The van der Waals surface area contributed by atoms with Gasteiger partial charge in [0.15, 0.2) is 6.10 Å². The number of nitrogens with one attached hydrogen (secondary N) is 2. The van der Waals surface area contributed by atoms with Crippen molar-refractivity contribution in [3.05, 3.63) is 76.9 Å². The third-order valence-electron chi connectivity index (χ3n) is 7.50. The molecule has 9 heteroatoms. The highest BCUT2D eigenvalue weighted by atomic mass is 32.2. The molecule has 1 heterocycles. The van der Waals surface area contributed by atoms with Gasteiger partial charge in [-0.05, 0) is 64.2 Å². The standard InChI is InChI=1S/C30H37N3O5S/c1-19-22(14-9-15-24(19)34)27(36)32-23(16-20-10-5-4-6-11-20)25(35)29(38)33-18-39-30(2,3)26(33)28(37)31-17-21-12-7-8-13-21/h4-6,9-12,14-15,23,25-26,34-35H,7-8,13,16-18H2,1-3H3,(H,31,37)(H,32,36)/t23-,25-,26+/m0/s1. The number of rotatable bonds is 9. The number of benzene rings is 2. The number of thioether (sulfide) groups is 1. The van der Waals surface area contributed by atoms with Crippen LogP contribution in [0.4, 0.5) is 0 Å². The molecule has 8 nitrogen and oxygen atoms in total. The summed E-state index contributed by atoms with van der Waals surface area (Å²) in [6.07, 6.45) is 3.82. The Morgan fingerprint density at radius 3 is 2.56 bits per heavy atom. The molecule has 1 aliphatic heterocycles. The van der Waals surface area contributed by atoms with E-state index in [4.69, 9.17) is 0 Å². The lowest BCUT2D eigenvalue weighted by atomic mass is 9.96. The molecule has 0 spiro atoms. The van der Waals surface area contributed by atoms with Gasteiger partial charge in [0.1, 0.15) is 11.8 Å². The molecule has 2 aromatic rings. The van der Waals surface area contributed by atoms with Gasteiger partial charge in [-0.3, -0.25) is 14.4 Å². The first-order valence-corrected chi connectivity index (χ1v) is 14.3. The molecule has 1 saturated heterocycles. The highest BCUT2D eigenvalue weighted by Gasteiger charge is 2.49. The summed E-state index contributed by atoms with van der Waals surface area (Å²) < 4.78 is -0.555. The van der Waals surface area contributed by atoms with Crippen molar-refractivity contribution < 1.29 is 24.6 Å². The average molecular weight is 552 g/mol. The van der Waals surface area contributed by atoms with E-state index in [0.717, 1.165) is 24.8 Å². The first-order valence-electron chi connectivity index (χ1n) is 13.3. The zero-order valence-corrected chi connectivity index (χ0v) is 23.5. The van der Waals surface area contributed by atoms with Crippen LogP contribution in [0.3, 0.4) is 0 Å². The second kappa shape index (κ2) is 12.3. The fourth-order valence-electron chi connectivity index (χ4n) is 5.18. The van der Waals surface area contributed by atoms with Crippen molar-refractivity contribution >= 4 is 29.5 Å². The summed E-state index contributed by atoms with van der Waals surface area (Å²) in [5.74, 6) is -1.13. The van der Waals surface area contributed by atoms with Gasteiger partial charge in [-0.15, -0.1) is 11.8 Å². The van der Waals surface area contributed by atoms with E-state index in [0.29, 0.717) is 12.1 Å². The topological polar surface area (TPSA) is 119 Å². The predicted molar refractivity (Wildman–Crippen MR) is 152 cm³/mol. The number of aliphatic hydroxyl groups excluding tert-OH is 1. The lowest BCUT2D eigenvalue weighted by Gasteiger charge is -2.33. The summed E-state index contributed by atoms with van der Waals surface area (Å²) in [4.78, 5) is 41.7. The van der Waals surface area contributed by atoms with Crippen molar-refractivity contribution in [3.63, 3.8) is 0 Å². The summed E-state index contributed by atoms with van der Waals surface area (Å²) in [7, 11) is 0. The largest absolute Gasteiger partial charge is 0.508 e. The van der Waals surface area contributed by atoms with Gasteiger partial charge in [0.25, 0.3) is 11.8 Å². The molecule has 0 radical (unpaired) electrons. The van der Waals surface area contributed by atoms with E-state index >= 15 is 0 Å². The zero-order chi connectivity index (χ0) is 28.2. The summed E-state index contributed by atoms with van der Waals surface area (Å²) in [5.41, 5.74) is 2.68. The molecule has 4 rings (SSSR count). The lowest BCUT2D eigenvalue weighted by molar-refractivity contribution is -0.147. The number of carbonyl (C=O) groups is 3. The first kappa shape index (κ1) is 28.7. The number of allylic oxidation sites excluding steroid dienone is 1. The Hall–Kier alpha value is -3.30. The minimum Gasteiger partial charge on any atom is -0.508 e. The molecule has 1 fully saturated rings. The molecule has 1 aliphatic carbocycles. The molecule has 2 aromatic carbocycles. The van der Waals surface area contributed by atoms with E-state index in [-0.39, 0.29) is 29.5 Å². The van der Waals surface area contributed by atoms with Crippen LogP contribution in [0.2, 0.25) is 0 Å². The lowest BCUT2D eigenvalue weighted by Crippen LogP contribution is -2.58. The molecule has 3 amide bonds. The Morgan fingerprint density at radius 1 is 1.13 bits per heavy atom. The van der Waals surface area contributed by atoms with Crippen LogP contribution < -0.4 is 10.6 Å². The minimum absolute atomic E-state index is 0.0163. The second-order valence-electron chi connectivity index (χ2n) is 10.7. The summed E-state index contributed by atoms with van der Waals surface area (Å²) in [5, 5.41) is 27.3. The van der Waals surface area contributed by atoms with E-state index in [9.17, 15) is 24.6 Å². The second-order valence-corrected chi connectivity index (χ2v) is 12.3. The van der Waals surface area contributed by atoms with Crippen molar-refractivity contribution in [1.29, 1.82) is 0 Å². The quantitative estimate of drug-likeness (QED) is 0.355. The maximum absolute atomic E-state index is 13.8. The van der Waals surface area contributed by atoms with E-state index in [1.807, 2.05) is 44.2 Å². The normalized spacial score (nSPS) is 19.7. The molecule has 0 unspecified atom stereocenters. The van der Waals surface area contributed by atoms with Crippen molar-refractivity contribution in [3.8, 4) is 5.75 Å². The SMILES string of the molecule is Cc1c(O)cccc1C(=O)N[C@@H](Cc1ccccc1)[C@H](O)C(=O)N1CSC(C)(C)[C@H]1C(=O)NCC1=CCCC1. The molecule has 208 valence electrons. The number of phenols is 1. The summed E-state index contributed by atoms with van der Waals surface area (Å²) in [6, 6.07) is 12.2. The Balaban J connectivity index is 1.55. The molecule has 0 bridgehead atoms. The van der Waals surface area contributed by atoms with Crippen LogP contribution >= 0.6 is 11.8 Å². The first-order chi connectivity index (χ1) is 18.6. The molecule has 2 aliphatic rings. The number of phenolic OH excluding ortho intramolecular Hbond substituents is 1. The maximum Gasteiger partial charge on any atom is 0.254 e. The van der Waals surface area contributed by atoms with Gasteiger partial charge in [0.05, 0.1) is 11.9 Å². The summed E-state index contributed by atoms with van der Waals surface area (Å²) >= 11 is 1.48. The van der Waals surface area contributed by atoms with Crippen molar-refractivity contribution in [2.45, 2.75) is 69.4 Å². The molecule has 4 N–H and O–H groups in total. The van der Waals surface area contributed by atoms with E-state index in [2.05, 4.69) is 16.7 Å². The third kappa shape index (κ3) is 6.65. The Bertz CT molecular complexity index is 1250. The number of aliphatic hydroxyl groups is 1. The molecule has 39 heavy (non-hydrogen) atoms. The van der Waals surface area contributed by atoms with Crippen LogP contribution in [-0.2, 0) is 16.0 Å². The van der Waals surface area contributed by atoms with Gasteiger partial charge in [0.2, 0.25) is 5.91 Å². The Kier molecular flexibility index (Phi) is 9.02. The van der Waals surface area contributed by atoms with E-state index < -0.39 is 34.7 Å². The van der Waals surface area contributed by atoms with E-state index in [1.54, 1.807) is 19.1 Å². The number of nitrogens with zero attached hydrogens (tertiary/aromatic N) is 1. The van der Waals surface area contributed by atoms with Gasteiger partial charge < -0.3 is 25.7 Å². The van der Waals surface area contributed by atoms with Crippen molar-refractivity contribution in [2.75, 3.05) is 12.4 Å². The fraction of sp³-hybridized carbons (Fsp3) is 0.433.